The highest BCUT2D eigenvalue weighted by molar-refractivity contribution is 9.10. The van der Waals surface area contributed by atoms with Crippen molar-refractivity contribution in [3.8, 4) is 5.75 Å². The first kappa shape index (κ1) is 14.9. The van der Waals surface area contributed by atoms with E-state index >= 15 is 0 Å². The monoisotopic (exact) mass is 381 g/mol. The highest BCUT2D eigenvalue weighted by Gasteiger charge is 2.20. The lowest BCUT2D eigenvalue weighted by Gasteiger charge is -2.17. The van der Waals surface area contributed by atoms with Crippen molar-refractivity contribution in [1.29, 1.82) is 0 Å². The Bertz CT molecular complexity index is 802. The molecular formula is C16H13BrClNOS. The van der Waals surface area contributed by atoms with E-state index < -0.39 is 0 Å². The van der Waals surface area contributed by atoms with Gasteiger partial charge >= 0.3 is 0 Å². The largest absolute Gasteiger partial charge is 0.495 e. The zero-order valence-corrected chi connectivity index (χ0v) is 14.4. The van der Waals surface area contributed by atoms with Gasteiger partial charge in [0.15, 0.2) is 0 Å². The molecule has 3 rings (SSSR count). The number of benzene rings is 2. The Balaban J connectivity index is 2.16. The predicted molar refractivity (Wildman–Crippen MR) is 93.6 cm³/mol. The maximum absolute atomic E-state index is 6.49. The first-order valence-electron chi connectivity index (χ1n) is 6.36. The number of methoxy groups -OCH3 is 1. The fourth-order valence-electron chi connectivity index (χ4n) is 2.43. The standard InChI is InChI=1S/C16H13BrClNOS/c1-20-16-11(6-9(18)7-13(16)17)15(19)12-8-21-14-5-3-2-4-10(12)14/h2-8,15H,19H2,1H3. The average molecular weight is 383 g/mol. The number of hydrogen-bond donors (Lipinski definition) is 1. The summed E-state index contributed by atoms with van der Waals surface area (Å²) in [6, 6.07) is 11.6. The third-order valence-corrected chi connectivity index (χ3v) is 5.21. The van der Waals surface area contributed by atoms with Crippen molar-refractivity contribution in [2.45, 2.75) is 6.04 Å². The van der Waals surface area contributed by atoms with Gasteiger partial charge in [0.25, 0.3) is 0 Å². The third kappa shape index (κ3) is 2.69. The molecule has 0 bridgehead atoms. The second kappa shape index (κ2) is 5.97. The van der Waals surface area contributed by atoms with Gasteiger partial charge in [-0.1, -0.05) is 29.8 Å². The Morgan fingerprint density at radius 3 is 2.76 bits per heavy atom. The Labute approximate surface area is 140 Å². The van der Waals surface area contributed by atoms with Crippen LogP contribution in [-0.2, 0) is 0 Å². The molecule has 3 aromatic rings. The molecule has 2 aromatic carbocycles. The van der Waals surface area contributed by atoms with Gasteiger partial charge in [0.05, 0.1) is 17.6 Å². The van der Waals surface area contributed by atoms with E-state index in [-0.39, 0.29) is 6.04 Å². The van der Waals surface area contributed by atoms with Gasteiger partial charge in [-0.3, -0.25) is 0 Å². The smallest absolute Gasteiger partial charge is 0.138 e. The van der Waals surface area contributed by atoms with Crippen LogP contribution in [0.1, 0.15) is 17.2 Å². The summed E-state index contributed by atoms with van der Waals surface area (Å²) >= 11 is 11.3. The molecule has 0 fully saturated rings. The predicted octanol–water partition coefficient (Wildman–Crippen LogP) is 5.37. The lowest BCUT2D eigenvalue weighted by atomic mass is 9.98. The summed E-state index contributed by atoms with van der Waals surface area (Å²) < 4.78 is 7.51. The lowest BCUT2D eigenvalue weighted by Crippen LogP contribution is -2.13. The molecule has 0 saturated carbocycles. The molecule has 5 heteroatoms. The topological polar surface area (TPSA) is 35.2 Å². The maximum atomic E-state index is 6.49. The zero-order chi connectivity index (χ0) is 15.0. The third-order valence-electron chi connectivity index (χ3n) is 3.42. The minimum Gasteiger partial charge on any atom is -0.495 e. The number of nitrogens with two attached hydrogens (primary N) is 1. The van der Waals surface area contributed by atoms with Gasteiger partial charge in [-0.15, -0.1) is 11.3 Å². The molecule has 0 saturated heterocycles. The van der Waals surface area contributed by atoms with Crippen LogP contribution in [0.15, 0.2) is 46.3 Å². The average Bonchev–Trinajstić information content (AvgIpc) is 2.89. The summed E-state index contributed by atoms with van der Waals surface area (Å²) in [4.78, 5) is 0. The molecular weight excluding hydrogens is 370 g/mol. The van der Waals surface area contributed by atoms with Crippen LogP contribution in [0, 0.1) is 0 Å². The van der Waals surface area contributed by atoms with E-state index in [0.29, 0.717) is 5.02 Å². The number of rotatable bonds is 3. The van der Waals surface area contributed by atoms with E-state index in [1.165, 1.54) is 10.1 Å². The molecule has 2 N–H and O–H groups in total. The SMILES string of the molecule is COc1c(Br)cc(Cl)cc1C(N)c1csc2ccccc12. The maximum Gasteiger partial charge on any atom is 0.138 e. The summed E-state index contributed by atoms with van der Waals surface area (Å²) in [7, 11) is 1.63. The molecule has 0 aliphatic heterocycles. The molecule has 1 aromatic heterocycles. The number of halogens is 2. The van der Waals surface area contributed by atoms with Crippen molar-refractivity contribution in [1.82, 2.24) is 0 Å². The molecule has 2 nitrogen and oxygen atoms in total. The van der Waals surface area contributed by atoms with Crippen molar-refractivity contribution in [2.24, 2.45) is 5.73 Å². The molecule has 1 heterocycles. The molecule has 1 unspecified atom stereocenters. The summed E-state index contributed by atoms with van der Waals surface area (Å²) in [5.41, 5.74) is 8.45. The minimum absolute atomic E-state index is 0.286. The van der Waals surface area contributed by atoms with Gasteiger partial charge in [-0.05, 0) is 50.5 Å². The van der Waals surface area contributed by atoms with Crippen molar-refractivity contribution in [3.05, 3.63) is 62.4 Å². The van der Waals surface area contributed by atoms with Crippen LogP contribution < -0.4 is 10.5 Å². The van der Waals surface area contributed by atoms with Crippen LogP contribution in [0.5, 0.6) is 5.75 Å². The molecule has 0 amide bonds. The number of ether oxygens (including phenoxy) is 1. The fraction of sp³-hybridized carbons (Fsp3) is 0.125. The first-order valence-corrected chi connectivity index (χ1v) is 8.41. The Morgan fingerprint density at radius 1 is 1.24 bits per heavy atom. The normalized spacial score (nSPS) is 12.6. The molecule has 0 radical (unpaired) electrons. The van der Waals surface area contributed by atoms with E-state index in [0.717, 1.165) is 21.3 Å². The van der Waals surface area contributed by atoms with Crippen molar-refractivity contribution in [3.63, 3.8) is 0 Å². The fourth-order valence-corrected chi connectivity index (χ4v) is 4.43. The Hall–Kier alpha value is -1.07. The van der Waals surface area contributed by atoms with Crippen molar-refractivity contribution in [2.75, 3.05) is 7.11 Å². The van der Waals surface area contributed by atoms with Crippen LogP contribution >= 0.6 is 38.9 Å². The lowest BCUT2D eigenvalue weighted by molar-refractivity contribution is 0.405. The van der Waals surface area contributed by atoms with Crippen molar-refractivity contribution >= 4 is 49.0 Å². The summed E-state index contributed by atoms with van der Waals surface area (Å²) in [6.07, 6.45) is 0. The van der Waals surface area contributed by atoms with E-state index in [1.807, 2.05) is 24.3 Å². The van der Waals surface area contributed by atoms with Crippen LogP contribution in [0.2, 0.25) is 5.02 Å². The molecule has 1 atom stereocenters. The number of thiophene rings is 1. The van der Waals surface area contributed by atoms with E-state index in [9.17, 15) is 0 Å². The van der Waals surface area contributed by atoms with Crippen LogP contribution in [0.4, 0.5) is 0 Å². The van der Waals surface area contributed by atoms with Gasteiger partial charge in [0.1, 0.15) is 5.75 Å². The number of fused-ring (bicyclic) bond motifs is 1. The number of hydrogen-bond acceptors (Lipinski definition) is 3. The van der Waals surface area contributed by atoms with Gasteiger partial charge in [0, 0.05) is 15.3 Å². The highest BCUT2D eigenvalue weighted by Crippen LogP contribution is 2.40. The van der Waals surface area contributed by atoms with E-state index in [4.69, 9.17) is 22.1 Å². The minimum atomic E-state index is -0.286. The van der Waals surface area contributed by atoms with Gasteiger partial charge in [0.2, 0.25) is 0 Å². The molecule has 0 spiro atoms. The molecule has 0 aliphatic rings. The summed E-state index contributed by atoms with van der Waals surface area (Å²) in [5.74, 6) is 0.724. The highest BCUT2D eigenvalue weighted by atomic mass is 79.9. The Kier molecular flexibility index (Phi) is 4.22. The summed E-state index contributed by atoms with van der Waals surface area (Å²) in [5, 5.41) is 3.91. The van der Waals surface area contributed by atoms with Gasteiger partial charge in [-0.25, -0.2) is 0 Å². The van der Waals surface area contributed by atoms with Crippen LogP contribution in [0.25, 0.3) is 10.1 Å². The van der Waals surface area contributed by atoms with Crippen molar-refractivity contribution < 1.29 is 4.74 Å². The molecule has 0 aliphatic carbocycles. The van der Waals surface area contributed by atoms with Crippen LogP contribution in [-0.4, -0.2) is 7.11 Å². The quantitative estimate of drug-likeness (QED) is 0.660. The van der Waals surface area contributed by atoms with E-state index in [2.05, 4.69) is 33.4 Å². The Morgan fingerprint density at radius 2 is 2.00 bits per heavy atom. The second-order valence-corrected chi connectivity index (χ2v) is 6.88. The first-order chi connectivity index (χ1) is 10.1. The zero-order valence-electron chi connectivity index (χ0n) is 11.3. The van der Waals surface area contributed by atoms with Gasteiger partial charge < -0.3 is 10.5 Å². The van der Waals surface area contributed by atoms with E-state index in [1.54, 1.807) is 18.4 Å². The van der Waals surface area contributed by atoms with Crippen LogP contribution in [0.3, 0.4) is 0 Å². The van der Waals surface area contributed by atoms with Gasteiger partial charge in [-0.2, -0.15) is 0 Å². The molecule has 21 heavy (non-hydrogen) atoms. The second-order valence-electron chi connectivity index (χ2n) is 4.67. The summed E-state index contributed by atoms with van der Waals surface area (Å²) in [6.45, 7) is 0. The molecule has 108 valence electrons.